The van der Waals surface area contributed by atoms with Crippen LogP contribution in [0.2, 0.25) is 0 Å². The summed E-state index contributed by atoms with van der Waals surface area (Å²) >= 11 is 3.94. The van der Waals surface area contributed by atoms with Gasteiger partial charge in [-0.2, -0.15) is 0 Å². The van der Waals surface area contributed by atoms with Gasteiger partial charge in [-0.1, -0.05) is 60.7 Å². The van der Waals surface area contributed by atoms with Gasteiger partial charge >= 0.3 is 5.97 Å². The zero-order chi connectivity index (χ0) is 18.5. The summed E-state index contributed by atoms with van der Waals surface area (Å²) in [5.41, 5.74) is 0.917. The van der Waals surface area contributed by atoms with Crippen LogP contribution in [0.5, 0.6) is 0 Å². The molecule has 3 aromatic rings. The van der Waals surface area contributed by atoms with Gasteiger partial charge in [0.1, 0.15) is 0 Å². The van der Waals surface area contributed by atoms with Crippen LogP contribution in [0.1, 0.15) is 20.7 Å². The highest BCUT2D eigenvalue weighted by Gasteiger charge is 2.24. The molecular formula is C21H17O3PS. The fourth-order valence-electron chi connectivity index (χ4n) is 2.71. The molecule has 3 aromatic carbocycles. The maximum atomic E-state index is 12.4. The van der Waals surface area contributed by atoms with Crippen LogP contribution < -0.4 is 15.9 Å². The van der Waals surface area contributed by atoms with E-state index < -0.39 is 13.9 Å². The van der Waals surface area contributed by atoms with Crippen molar-refractivity contribution in [3.63, 3.8) is 0 Å². The van der Waals surface area contributed by atoms with E-state index >= 15 is 0 Å². The second kappa shape index (κ2) is 8.31. The van der Waals surface area contributed by atoms with Crippen LogP contribution in [-0.2, 0) is 4.74 Å². The first kappa shape index (κ1) is 18.4. The fourth-order valence-corrected chi connectivity index (χ4v) is 5.32. The van der Waals surface area contributed by atoms with Gasteiger partial charge < -0.3 is 4.74 Å². The summed E-state index contributed by atoms with van der Waals surface area (Å²) in [4.78, 5) is 24.2. The minimum atomic E-state index is -1.03. The maximum absolute atomic E-state index is 12.4. The van der Waals surface area contributed by atoms with Crippen molar-refractivity contribution in [1.29, 1.82) is 0 Å². The number of hydrogen-bond acceptors (Lipinski definition) is 3. The number of carbonyl (C=O) groups excluding carboxylic acids is 2. The van der Waals surface area contributed by atoms with Crippen molar-refractivity contribution in [3.8, 4) is 0 Å². The standard InChI is InChI=1S/C21H17O3PS/c1-24-20(22)18-13-12-15(21(23)26)14-19(18)25(16-8-4-2-5-9-16)17-10-6-3-7-11-17/h2-14H,1H3,(H,23,26). The van der Waals surface area contributed by atoms with Gasteiger partial charge in [-0.3, -0.25) is 4.79 Å². The quantitative estimate of drug-likeness (QED) is 0.420. The van der Waals surface area contributed by atoms with E-state index in [-0.39, 0.29) is 5.12 Å². The van der Waals surface area contributed by atoms with Gasteiger partial charge in [0.05, 0.1) is 12.7 Å². The molecule has 5 heteroatoms. The van der Waals surface area contributed by atoms with Crippen LogP contribution in [0.3, 0.4) is 0 Å². The van der Waals surface area contributed by atoms with E-state index in [1.807, 2.05) is 60.7 Å². The molecule has 0 fully saturated rings. The van der Waals surface area contributed by atoms with E-state index in [1.54, 1.807) is 18.2 Å². The van der Waals surface area contributed by atoms with Crippen molar-refractivity contribution in [2.75, 3.05) is 7.11 Å². The topological polar surface area (TPSA) is 43.4 Å². The van der Waals surface area contributed by atoms with E-state index in [9.17, 15) is 9.59 Å². The predicted molar refractivity (Wildman–Crippen MR) is 110 cm³/mol. The molecule has 0 saturated carbocycles. The van der Waals surface area contributed by atoms with Crippen LogP contribution in [0.25, 0.3) is 0 Å². The Morgan fingerprint density at radius 3 is 1.85 bits per heavy atom. The molecule has 0 aromatic heterocycles. The Kier molecular flexibility index (Phi) is 5.87. The molecule has 0 amide bonds. The van der Waals surface area contributed by atoms with Crippen LogP contribution >= 0.6 is 20.6 Å². The molecule has 0 aliphatic rings. The molecule has 130 valence electrons. The average Bonchev–Trinajstić information content (AvgIpc) is 2.69. The SMILES string of the molecule is COC(=O)c1ccc(C(=O)S)cc1P(c1ccccc1)c1ccccc1. The van der Waals surface area contributed by atoms with E-state index in [0.29, 0.717) is 11.1 Å². The summed E-state index contributed by atoms with van der Waals surface area (Å²) in [5.74, 6) is -0.419. The lowest BCUT2D eigenvalue weighted by molar-refractivity contribution is 0.0602. The summed E-state index contributed by atoms with van der Waals surface area (Å²) in [6.07, 6.45) is 0. The van der Waals surface area contributed by atoms with Crippen LogP contribution in [-0.4, -0.2) is 18.2 Å². The number of hydrogen-bond donors (Lipinski definition) is 1. The number of thiol groups is 1. The van der Waals surface area contributed by atoms with E-state index in [0.717, 1.165) is 15.9 Å². The summed E-state index contributed by atoms with van der Waals surface area (Å²) in [6.45, 7) is 0. The third-order valence-electron chi connectivity index (χ3n) is 3.92. The molecule has 0 bridgehead atoms. The first-order valence-corrected chi connectivity index (χ1v) is 9.76. The Bertz CT molecular complexity index is 887. The molecule has 0 atom stereocenters. The first-order valence-electron chi connectivity index (χ1n) is 7.97. The van der Waals surface area contributed by atoms with Crippen LogP contribution in [0.15, 0.2) is 78.9 Å². The number of carbonyl (C=O) groups is 2. The monoisotopic (exact) mass is 380 g/mol. The average molecular weight is 380 g/mol. The van der Waals surface area contributed by atoms with Crippen molar-refractivity contribution in [2.45, 2.75) is 0 Å². The summed E-state index contributed by atoms with van der Waals surface area (Å²) in [5, 5.41) is 2.62. The Hall–Kier alpha value is -2.42. The van der Waals surface area contributed by atoms with Gasteiger partial charge in [0.2, 0.25) is 5.12 Å². The largest absolute Gasteiger partial charge is 0.465 e. The highest BCUT2D eigenvalue weighted by molar-refractivity contribution is 7.97. The lowest BCUT2D eigenvalue weighted by Gasteiger charge is -2.22. The number of esters is 1. The minimum absolute atomic E-state index is 0.335. The van der Waals surface area contributed by atoms with Gasteiger partial charge in [-0.15, -0.1) is 12.6 Å². The van der Waals surface area contributed by atoms with Gasteiger partial charge in [0, 0.05) is 10.9 Å². The Labute approximate surface area is 159 Å². The van der Waals surface area contributed by atoms with Gasteiger partial charge in [-0.25, -0.2) is 4.79 Å². The van der Waals surface area contributed by atoms with Gasteiger partial charge in [0.15, 0.2) is 0 Å². The molecule has 0 N–H and O–H groups in total. The second-order valence-electron chi connectivity index (χ2n) is 5.54. The lowest BCUT2D eigenvalue weighted by Crippen LogP contribution is -2.26. The van der Waals surface area contributed by atoms with Crippen molar-refractivity contribution < 1.29 is 14.3 Å². The second-order valence-corrected chi connectivity index (χ2v) is 8.13. The molecule has 0 radical (unpaired) electrons. The van der Waals surface area contributed by atoms with Gasteiger partial charge in [0.25, 0.3) is 0 Å². The normalized spacial score (nSPS) is 10.6. The summed E-state index contributed by atoms with van der Waals surface area (Å²) < 4.78 is 4.97. The highest BCUT2D eigenvalue weighted by atomic mass is 32.1. The molecule has 3 rings (SSSR count). The molecule has 26 heavy (non-hydrogen) atoms. The van der Waals surface area contributed by atoms with Crippen molar-refractivity contribution in [1.82, 2.24) is 0 Å². The fraction of sp³-hybridized carbons (Fsp3) is 0.0476. The Balaban J connectivity index is 2.28. The van der Waals surface area contributed by atoms with Crippen LogP contribution in [0.4, 0.5) is 0 Å². The number of methoxy groups -OCH3 is 1. The molecule has 3 nitrogen and oxygen atoms in total. The Morgan fingerprint density at radius 1 is 0.846 bits per heavy atom. The molecule has 0 aliphatic heterocycles. The molecular weight excluding hydrogens is 363 g/mol. The summed E-state index contributed by atoms with van der Waals surface area (Å²) in [6, 6.07) is 24.9. The number of ether oxygens (including phenoxy) is 1. The molecule has 0 heterocycles. The van der Waals surface area contributed by atoms with Crippen molar-refractivity contribution in [2.24, 2.45) is 0 Å². The molecule has 0 spiro atoms. The van der Waals surface area contributed by atoms with E-state index in [2.05, 4.69) is 12.6 Å². The Morgan fingerprint density at radius 2 is 1.38 bits per heavy atom. The number of benzene rings is 3. The van der Waals surface area contributed by atoms with Crippen LogP contribution in [0, 0.1) is 0 Å². The summed E-state index contributed by atoms with van der Waals surface area (Å²) in [7, 11) is 0.325. The van der Waals surface area contributed by atoms with Crippen molar-refractivity contribution in [3.05, 3.63) is 90.0 Å². The first-order chi connectivity index (χ1) is 12.6. The van der Waals surface area contributed by atoms with E-state index in [4.69, 9.17) is 4.74 Å². The zero-order valence-corrected chi connectivity index (χ0v) is 15.9. The highest BCUT2D eigenvalue weighted by Crippen LogP contribution is 2.34. The van der Waals surface area contributed by atoms with E-state index in [1.165, 1.54) is 7.11 Å². The maximum Gasteiger partial charge on any atom is 0.338 e. The molecule has 0 saturated heterocycles. The molecule has 0 unspecified atom stereocenters. The zero-order valence-electron chi connectivity index (χ0n) is 14.1. The molecule has 0 aliphatic carbocycles. The smallest absolute Gasteiger partial charge is 0.338 e. The third-order valence-corrected chi connectivity index (χ3v) is 6.66. The minimum Gasteiger partial charge on any atom is -0.465 e. The number of rotatable bonds is 5. The predicted octanol–water partition coefficient (Wildman–Crippen LogP) is 3.30. The lowest BCUT2D eigenvalue weighted by atomic mass is 10.1. The van der Waals surface area contributed by atoms with Gasteiger partial charge in [-0.05, 0) is 36.7 Å². The van der Waals surface area contributed by atoms with Crippen molar-refractivity contribution >= 4 is 47.5 Å². The third kappa shape index (κ3) is 3.87.